The maximum absolute atomic E-state index is 11.8. The van der Waals surface area contributed by atoms with Crippen LogP contribution in [0.3, 0.4) is 0 Å². The Morgan fingerprint density at radius 3 is 2.45 bits per heavy atom. The van der Waals surface area contributed by atoms with E-state index in [1.54, 1.807) is 12.3 Å². The number of hydrogen-bond acceptors (Lipinski definition) is 4. The molecule has 0 aliphatic heterocycles. The van der Waals surface area contributed by atoms with Gasteiger partial charge in [0.05, 0.1) is 5.39 Å². The molecule has 0 aliphatic carbocycles. The molecule has 1 N–H and O–H groups in total. The molecule has 3 aromatic rings. The van der Waals surface area contributed by atoms with Gasteiger partial charge in [-0.2, -0.15) is 5.10 Å². The van der Waals surface area contributed by atoms with Crippen molar-refractivity contribution < 1.29 is 0 Å². The standard InChI is InChI=1S/C15H14N4O/c1-19(2)13-8-7-10(9-16-13)14-11-5-3-4-6-12(11)15(20)18-17-14/h3-9H,1-2H3,(H,18,20). The van der Waals surface area contributed by atoms with Crippen molar-refractivity contribution in [3.05, 3.63) is 52.9 Å². The Bertz CT molecular complexity index is 806. The quantitative estimate of drug-likeness (QED) is 0.771. The summed E-state index contributed by atoms with van der Waals surface area (Å²) in [6.45, 7) is 0. The van der Waals surface area contributed by atoms with Crippen molar-refractivity contribution in [2.24, 2.45) is 0 Å². The lowest BCUT2D eigenvalue weighted by Gasteiger charge is -2.11. The van der Waals surface area contributed by atoms with Crippen LogP contribution < -0.4 is 10.5 Å². The Morgan fingerprint density at radius 1 is 1.05 bits per heavy atom. The van der Waals surface area contributed by atoms with Crippen molar-refractivity contribution in [2.45, 2.75) is 0 Å². The minimum atomic E-state index is -0.178. The lowest BCUT2D eigenvalue weighted by Crippen LogP contribution is -2.11. The van der Waals surface area contributed by atoms with Crippen LogP contribution in [-0.2, 0) is 0 Å². The maximum Gasteiger partial charge on any atom is 0.272 e. The van der Waals surface area contributed by atoms with Gasteiger partial charge < -0.3 is 4.90 Å². The third-order valence-corrected chi connectivity index (χ3v) is 3.18. The summed E-state index contributed by atoms with van der Waals surface area (Å²) in [4.78, 5) is 18.1. The number of nitrogens with one attached hydrogen (secondary N) is 1. The van der Waals surface area contributed by atoms with Crippen LogP contribution >= 0.6 is 0 Å². The van der Waals surface area contributed by atoms with E-state index in [0.717, 1.165) is 22.5 Å². The van der Waals surface area contributed by atoms with Crippen LogP contribution in [0, 0.1) is 0 Å². The van der Waals surface area contributed by atoms with Gasteiger partial charge in [0, 0.05) is 31.2 Å². The highest BCUT2D eigenvalue weighted by molar-refractivity contribution is 5.93. The predicted molar refractivity (Wildman–Crippen MR) is 79.9 cm³/mol. The average Bonchev–Trinajstić information content (AvgIpc) is 2.48. The summed E-state index contributed by atoms with van der Waals surface area (Å²) >= 11 is 0. The van der Waals surface area contributed by atoms with Gasteiger partial charge in [-0.3, -0.25) is 4.79 Å². The second-order valence-corrected chi connectivity index (χ2v) is 4.75. The summed E-state index contributed by atoms with van der Waals surface area (Å²) in [5.41, 5.74) is 1.43. The fourth-order valence-corrected chi connectivity index (χ4v) is 2.13. The van der Waals surface area contributed by atoms with E-state index >= 15 is 0 Å². The number of H-pyrrole nitrogens is 1. The third-order valence-electron chi connectivity index (χ3n) is 3.18. The summed E-state index contributed by atoms with van der Waals surface area (Å²) in [6.07, 6.45) is 1.77. The second kappa shape index (κ2) is 4.77. The maximum atomic E-state index is 11.8. The van der Waals surface area contributed by atoms with Gasteiger partial charge in [0.15, 0.2) is 0 Å². The van der Waals surface area contributed by atoms with Crippen molar-refractivity contribution in [2.75, 3.05) is 19.0 Å². The lowest BCUT2D eigenvalue weighted by atomic mass is 10.1. The number of fused-ring (bicyclic) bond motifs is 1. The van der Waals surface area contributed by atoms with Crippen molar-refractivity contribution in [1.29, 1.82) is 0 Å². The van der Waals surface area contributed by atoms with Gasteiger partial charge in [-0.15, -0.1) is 0 Å². The SMILES string of the molecule is CN(C)c1ccc(-c2n[nH]c(=O)c3ccccc23)cn1. The summed E-state index contributed by atoms with van der Waals surface area (Å²) in [5.74, 6) is 0.877. The van der Waals surface area contributed by atoms with Crippen LogP contribution in [0.15, 0.2) is 47.4 Å². The molecule has 0 atom stereocenters. The molecular formula is C15H14N4O. The van der Waals surface area contributed by atoms with Gasteiger partial charge in [-0.05, 0) is 18.2 Å². The molecule has 0 spiro atoms. The fourth-order valence-electron chi connectivity index (χ4n) is 2.13. The molecule has 0 saturated heterocycles. The number of nitrogens with zero attached hydrogens (tertiary/aromatic N) is 3. The Morgan fingerprint density at radius 2 is 1.80 bits per heavy atom. The molecule has 2 heterocycles. The van der Waals surface area contributed by atoms with E-state index in [-0.39, 0.29) is 5.56 Å². The highest BCUT2D eigenvalue weighted by Gasteiger charge is 2.08. The number of pyridine rings is 1. The summed E-state index contributed by atoms with van der Waals surface area (Å²) in [5, 5.41) is 8.16. The zero-order valence-corrected chi connectivity index (χ0v) is 11.3. The molecular weight excluding hydrogens is 252 g/mol. The Labute approximate surface area is 115 Å². The molecule has 5 nitrogen and oxygen atoms in total. The van der Waals surface area contributed by atoms with Crippen LogP contribution in [0.25, 0.3) is 22.0 Å². The molecule has 0 fully saturated rings. The highest BCUT2D eigenvalue weighted by atomic mass is 16.1. The fraction of sp³-hybridized carbons (Fsp3) is 0.133. The molecule has 3 rings (SSSR count). The lowest BCUT2D eigenvalue weighted by molar-refractivity contribution is 1.01. The number of rotatable bonds is 2. The van der Waals surface area contributed by atoms with Crippen LogP contribution in [0.5, 0.6) is 0 Å². The van der Waals surface area contributed by atoms with Crippen molar-refractivity contribution >= 4 is 16.6 Å². The molecule has 1 aromatic carbocycles. The zero-order chi connectivity index (χ0) is 14.1. The predicted octanol–water partition coefficient (Wildman–Crippen LogP) is 2.05. The summed E-state index contributed by atoms with van der Waals surface area (Å²) in [7, 11) is 3.88. The van der Waals surface area contributed by atoms with Gasteiger partial charge in [-0.25, -0.2) is 10.1 Å². The van der Waals surface area contributed by atoms with Gasteiger partial charge >= 0.3 is 0 Å². The first kappa shape index (κ1) is 12.3. The number of anilines is 1. The van der Waals surface area contributed by atoms with E-state index in [4.69, 9.17) is 0 Å². The molecule has 0 amide bonds. The van der Waals surface area contributed by atoms with Crippen LogP contribution in [-0.4, -0.2) is 29.3 Å². The Hall–Kier alpha value is -2.69. The zero-order valence-electron chi connectivity index (χ0n) is 11.3. The van der Waals surface area contributed by atoms with E-state index in [0.29, 0.717) is 5.39 Å². The monoisotopic (exact) mass is 266 g/mol. The summed E-state index contributed by atoms with van der Waals surface area (Å²) < 4.78 is 0. The van der Waals surface area contributed by atoms with Crippen molar-refractivity contribution in [3.63, 3.8) is 0 Å². The smallest absolute Gasteiger partial charge is 0.272 e. The number of aromatic nitrogens is 3. The first-order chi connectivity index (χ1) is 9.66. The second-order valence-electron chi connectivity index (χ2n) is 4.75. The normalized spacial score (nSPS) is 10.7. The molecule has 0 aliphatic rings. The van der Waals surface area contributed by atoms with Gasteiger partial charge in [0.25, 0.3) is 5.56 Å². The average molecular weight is 266 g/mol. The number of benzene rings is 1. The minimum Gasteiger partial charge on any atom is -0.363 e. The molecule has 0 unspecified atom stereocenters. The van der Waals surface area contributed by atoms with Crippen LogP contribution in [0.1, 0.15) is 0 Å². The summed E-state index contributed by atoms with van der Waals surface area (Å²) in [6, 6.07) is 11.3. The van der Waals surface area contributed by atoms with E-state index in [2.05, 4.69) is 15.2 Å². The number of hydrogen-bond donors (Lipinski definition) is 1. The van der Waals surface area contributed by atoms with Gasteiger partial charge in [-0.1, -0.05) is 18.2 Å². The molecule has 5 heteroatoms. The Balaban J connectivity index is 2.20. The van der Waals surface area contributed by atoms with E-state index in [1.165, 1.54) is 0 Å². The third kappa shape index (κ3) is 2.03. The van der Waals surface area contributed by atoms with E-state index in [1.807, 2.05) is 49.3 Å². The highest BCUT2D eigenvalue weighted by Crippen LogP contribution is 2.24. The van der Waals surface area contributed by atoms with E-state index in [9.17, 15) is 4.79 Å². The largest absolute Gasteiger partial charge is 0.363 e. The molecule has 0 radical (unpaired) electrons. The molecule has 0 saturated carbocycles. The number of aromatic amines is 1. The van der Waals surface area contributed by atoms with E-state index < -0.39 is 0 Å². The van der Waals surface area contributed by atoms with Crippen molar-refractivity contribution in [1.82, 2.24) is 15.2 Å². The van der Waals surface area contributed by atoms with Gasteiger partial charge in [0.1, 0.15) is 11.5 Å². The van der Waals surface area contributed by atoms with Crippen molar-refractivity contribution in [3.8, 4) is 11.3 Å². The first-order valence-corrected chi connectivity index (χ1v) is 6.28. The minimum absolute atomic E-state index is 0.178. The molecule has 2 aromatic heterocycles. The Kier molecular flexibility index (Phi) is 2.95. The van der Waals surface area contributed by atoms with Crippen LogP contribution in [0.2, 0.25) is 0 Å². The molecule has 100 valence electrons. The van der Waals surface area contributed by atoms with Gasteiger partial charge in [0.2, 0.25) is 0 Å². The molecule has 0 bridgehead atoms. The molecule has 20 heavy (non-hydrogen) atoms. The van der Waals surface area contributed by atoms with Crippen LogP contribution in [0.4, 0.5) is 5.82 Å². The first-order valence-electron chi connectivity index (χ1n) is 6.28. The topological polar surface area (TPSA) is 61.9 Å².